The smallest absolute Gasteiger partial charge is 0.224 e. The third-order valence-electron chi connectivity index (χ3n) is 3.18. The summed E-state index contributed by atoms with van der Waals surface area (Å²) in [6.07, 6.45) is 0. The molecule has 102 valence electrons. The van der Waals surface area contributed by atoms with Crippen LogP contribution in [0.15, 0.2) is 89.8 Å². The molecule has 0 aromatic heterocycles. The Morgan fingerprint density at radius 1 is 0.619 bits per heavy atom. The van der Waals surface area contributed by atoms with Crippen molar-refractivity contribution in [1.82, 2.24) is 0 Å². The van der Waals surface area contributed by atoms with Crippen molar-refractivity contribution in [2.45, 2.75) is 4.90 Å². The van der Waals surface area contributed by atoms with Crippen LogP contribution in [0.1, 0.15) is 10.4 Å². The quantitative estimate of drug-likeness (QED) is 0.610. The Morgan fingerprint density at radius 2 is 1.14 bits per heavy atom. The number of rotatable bonds is 3. The van der Waals surface area contributed by atoms with E-state index < -0.39 is 0 Å². The van der Waals surface area contributed by atoms with Crippen LogP contribution in [0.4, 0.5) is 0 Å². The van der Waals surface area contributed by atoms with Crippen LogP contribution in [0, 0.1) is 0 Å². The van der Waals surface area contributed by atoms with E-state index in [1.54, 1.807) is 0 Å². The highest BCUT2D eigenvalue weighted by atomic mass is 32.2. The highest BCUT2D eigenvalue weighted by Crippen LogP contribution is 2.24. The van der Waals surface area contributed by atoms with E-state index in [0.717, 1.165) is 21.6 Å². The van der Waals surface area contributed by atoms with Gasteiger partial charge in [0, 0.05) is 10.5 Å². The Kier molecular flexibility index (Phi) is 4.17. The molecule has 0 bridgehead atoms. The maximum atomic E-state index is 12.2. The van der Waals surface area contributed by atoms with Gasteiger partial charge in [0.1, 0.15) is 0 Å². The molecule has 0 aliphatic rings. The second-order valence-electron chi connectivity index (χ2n) is 4.65. The first-order valence-electron chi connectivity index (χ1n) is 6.76. The van der Waals surface area contributed by atoms with Crippen LogP contribution in [0.3, 0.4) is 0 Å². The number of thioether (sulfide) groups is 1. The van der Waals surface area contributed by atoms with Gasteiger partial charge in [0.05, 0.1) is 0 Å². The summed E-state index contributed by atoms with van der Waals surface area (Å²) in [5.74, 6) is 0. The van der Waals surface area contributed by atoms with Crippen LogP contribution in [0.25, 0.3) is 11.1 Å². The minimum Gasteiger partial charge on any atom is -0.281 e. The molecule has 1 nitrogen and oxygen atoms in total. The summed E-state index contributed by atoms with van der Waals surface area (Å²) in [6.45, 7) is 0. The van der Waals surface area contributed by atoms with Crippen molar-refractivity contribution >= 4 is 16.9 Å². The van der Waals surface area contributed by atoms with E-state index in [-0.39, 0.29) is 5.12 Å². The third kappa shape index (κ3) is 3.41. The molecule has 0 atom stereocenters. The van der Waals surface area contributed by atoms with Crippen LogP contribution in [-0.2, 0) is 0 Å². The lowest BCUT2D eigenvalue weighted by Gasteiger charge is -2.04. The van der Waals surface area contributed by atoms with Crippen LogP contribution < -0.4 is 0 Å². The third-order valence-corrected chi connectivity index (χ3v) is 4.11. The Balaban J connectivity index is 1.77. The van der Waals surface area contributed by atoms with Gasteiger partial charge in [-0.1, -0.05) is 60.7 Å². The second-order valence-corrected chi connectivity index (χ2v) is 5.69. The largest absolute Gasteiger partial charge is 0.281 e. The van der Waals surface area contributed by atoms with Gasteiger partial charge in [-0.25, -0.2) is 0 Å². The molecule has 0 radical (unpaired) electrons. The van der Waals surface area contributed by atoms with Crippen LogP contribution >= 0.6 is 11.8 Å². The van der Waals surface area contributed by atoms with Gasteiger partial charge in [0.25, 0.3) is 0 Å². The minimum absolute atomic E-state index is 0.0702. The van der Waals surface area contributed by atoms with E-state index >= 15 is 0 Å². The standard InChI is InChI=1S/C19H14OS/c20-19(21-18-9-5-2-6-10-18)17-13-11-16(12-14-17)15-7-3-1-4-8-15/h1-14H. The van der Waals surface area contributed by atoms with E-state index in [4.69, 9.17) is 0 Å². The van der Waals surface area contributed by atoms with Gasteiger partial charge in [-0.3, -0.25) is 4.79 Å². The zero-order valence-electron chi connectivity index (χ0n) is 11.4. The van der Waals surface area contributed by atoms with Crippen molar-refractivity contribution in [2.75, 3.05) is 0 Å². The first-order chi connectivity index (χ1) is 10.3. The lowest BCUT2D eigenvalue weighted by atomic mass is 10.0. The average Bonchev–Trinajstić information content (AvgIpc) is 2.57. The van der Waals surface area contributed by atoms with Gasteiger partial charge in [-0.15, -0.1) is 0 Å². The summed E-state index contributed by atoms with van der Waals surface area (Å²) in [6, 6.07) is 27.6. The van der Waals surface area contributed by atoms with E-state index in [0.29, 0.717) is 0 Å². The van der Waals surface area contributed by atoms with Crippen molar-refractivity contribution in [3.8, 4) is 11.1 Å². The molecule has 0 N–H and O–H groups in total. The number of hydrogen-bond acceptors (Lipinski definition) is 2. The molecular formula is C19H14OS. The number of carbonyl (C=O) groups is 1. The fraction of sp³-hybridized carbons (Fsp3) is 0. The molecule has 3 rings (SSSR count). The maximum absolute atomic E-state index is 12.2. The fourth-order valence-electron chi connectivity index (χ4n) is 2.08. The molecule has 0 aliphatic carbocycles. The monoisotopic (exact) mass is 290 g/mol. The normalized spacial score (nSPS) is 10.3. The summed E-state index contributed by atoms with van der Waals surface area (Å²) in [4.78, 5) is 13.2. The van der Waals surface area contributed by atoms with Gasteiger partial charge < -0.3 is 0 Å². The molecule has 0 fully saturated rings. The molecule has 3 aromatic carbocycles. The molecule has 0 unspecified atom stereocenters. The summed E-state index contributed by atoms with van der Waals surface area (Å²) in [7, 11) is 0. The molecule has 0 heterocycles. The minimum atomic E-state index is 0.0702. The van der Waals surface area contributed by atoms with E-state index in [2.05, 4.69) is 12.1 Å². The van der Waals surface area contributed by atoms with Gasteiger partial charge in [0.15, 0.2) is 0 Å². The lowest BCUT2D eigenvalue weighted by Crippen LogP contribution is -1.92. The Bertz CT molecular complexity index is 719. The van der Waals surface area contributed by atoms with E-state index in [9.17, 15) is 4.79 Å². The maximum Gasteiger partial charge on any atom is 0.224 e. The molecular weight excluding hydrogens is 276 g/mol. The van der Waals surface area contributed by atoms with E-state index in [1.807, 2.05) is 72.8 Å². The van der Waals surface area contributed by atoms with Crippen molar-refractivity contribution in [1.29, 1.82) is 0 Å². The van der Waals surface area contributed by atoms with Crippen molar-refractivity contribution in [2.24, 2.45) is 0 Å². The van der Waals surface area contributed by atoms with Gasteiger partial charge in [-0.05, 0) is 47.2 Å². The molecule has 0 saturated heterocycles. The molecule has 2 heteroatoms. The van der Waals surface area contributed by atoms with Gasteiger partial charge >= 0.3 is 0 Å². The van der Waals surface area contributed by atoms with Crippen LogP contribution in [0.2, 0.25) is 0 Å². The zero-order valence-corrected chi connectivity index (χ0v) is 12.2. The SMILES string of the molecule is O=C(Sc1ccccc1)c1ccc(-c2ccccc2)cc1. The summed E-state index contributed by atoms with van der Waals surface area (Å²) in [5.41, 5.74) is 3.01. The number of benzene rings is 3. The topological polar surface area (TPSA) is 17.1 Å². The fourth-order valence-corrected chi connectivity index (χ4v) is 2.85. The molecule has 0 saturated carbocycles. The first kappa shape index (κ1) is 13.7. The van der Waals surface area contributed by atoms with Gasteiger partial charge in [0.2, 0.25) is 5.12 Å². The van der Waals surface area contributed by atoms with Crippen molar-refractivity contribution < 1.29 is 4.79 Å². The van der Waals surface area contributed by atoms with Crippen molar-refractivity contribution in [3.05, 3.63) is 90.5 Å². The number of hydrogen-bond donors (Lipinski definition) is 0. The van der Waals surface area contributed by atoms with Crippen LogP contribution in [0.5, 0.6) is 0 Å². The summed E-state index contributed by atoms with van der Waals surface area (Å²) < 4.78 is 0. The molecule has 0 aliphatic heterocycles. The Labute approximate surface area is 128 Å². The zero-order chi connectivity index (χ0) is 14.5. The molecule has 21 heavy (non-hydrogen) atoms. The Hall–Kier alpha value is -2.32. The molecule has 0 amide bonds. The Morgan fingerprint density at radius 3 is 1.76 bits per heavy atom. The summed E-state index contributed by atoms with van der Waals surface area (Å²) in [5, 5.41) is 0.0702. The predicted octanol–water partition coefficient (Wildman–Crippen LogP) is 5.29. The second kappa shape index (κ2) is 6.42. The van der Waals surface area contributed by atoms with Crippen molar-refractivity contribution in [3.63, 3.8) is 0 Å². The highest BCUT2D eigenvalue weighted by molar-refractivity contribution is 8.14. The van der Waals surface area contributed by atoms with Gasteiger partial charge in [-0.2, -0.15) is 0 Å². The highest BCUT2D eigenvalue weighted by Gasteiger charge is 2.08. The molecule has 0 spiro atoms. The first-order valence-corrected chi connectivity index (χ1v) is 7.57. The lowest BCUT2D eigenvalue weighted by molar-refractivity contribution is 0.108. The van der Waals surface area contributed by atoms with E-state index in [1.165, 1.54) is 11.8 Å². The molecule has 3 aromatic rings. The predicted molar refractivity (Wildman–Crippen MR) is 88.5 cm³/mol. The average molecular weight is 290 g/mol. The number of carbonyl (C=O) groups excluding carboxylic acids is 1. The van der Waals surface area contributed by atoms with Crippen LogP contribution in [-0.4, -0.2) is 5.12 Å². The summed E-state index contributed by atoms with van der Waals surface area (Å²) >= 11 is 1.26.